The number of hydrogen-bond donors (Lipinski definition) is 0. The smallest absolute Gasteiger partial charge is 0.244 e. The van der Waals surface area contributed by atoms with Crippen LogP contribution in [0.4, 0.5) is 10.1 Å². The van der Waals surface area contributed by atoms with Crippen molar-refractivity contribution in [2.24, 2.45) is 0 Å². The summed E-state index contributed by atoms with van der Waals surface area (Å²) >= 11 is 0. The number of likely N-dealkylation sites (N-methyl/N-ethyl adjacent to an activating group) is 1. The summed E-state index contributed by atoms with van der Waals surface area (Å²) in [7, 11) is 1.79. The molecule has 2 fully saturated rings. The fourth-order valence-corrected chi connectivity index (χ4v) is 3.27. The molecule has 2 aliphatic heterocycles. The Kier molecular flexibility index (Phi) is 4.62. The van der Waals surface area contributed by atoms with E-state index in [1.165, 1.54) is 15.9 Å². The van der Waals surface area contributed by atoms with Crippen LogP contribution in [-0.4, -0.2) is 60.2 Å². The van der Waals surface area contributed by atoms with E-state index < -0.39 is 5.82 Å². The number of likely N-dealkylation sites (tertiary alicyclic amines) is 1. The first-order chi connectivity index (χ1) is 11.5. The van der Waals surface area contributed by atoms with Crippen molar-refractivity contribution in [2.75, 3.05) is 31.6 Å². The van der Waals surface area contributed by atoms with Crippen LogP contribution in [-0.2, 0) is 14.4 Å². The highest BCUT2D eigenvalue weighted by atomic mass is 19.1. The van der Waals surface area contributed by atoms with Gasteiger partial charge in [-0.25, -0.2) is 4.39 Å². The summed E-state index contributed by atoms with van der Waals surface area (Å²) in [4.78, 5) is 40.4. The summed E-state index contributed by atoms with van der Waals surface area (Å²) in [6, 6.07) is 5.86. The Labute approximate surface area is 139 Å². The maximum absolute atomic E-state index is 13.9. The van der Waals surface area contributed by atoms with E-state index in [-0.39, 0.29) is 43.1 Å². The standard InChI is InChI=1S/C17H20FN3O3/c1-19(10-11-21-15(22)6-7-16(21)23)14-8-9-20(17(14)24)13-5-3-2-4-12(13)18/h2-5,14H,6-11H2,1H3/t14-/m0/s1. The molecule has 7 heteroatoms. The Balaban J connectivity index is 1.61. The number of amides is 3. The molecule has 0 N–H and O–H groups in total. The lowest BCUT2D eigenvalue weighted by Gasteiger charge is -2.25. The molecule has 0 aromatic heterocycles. The van der Waals surface area contributed by atoms with Crippen LogP contribution < -0.4 is 4.90 Å². The summed E-state index contributed by atoms with van der Waals surface area (Å²) in [5, 5.41) is 0. The van der Waals surface area contributed by atoms with Crippen LogP contribution in [0.15, 0.2) is 24.3 Å². The number of anilines is 1. The van der Waals surface area contributed by atoms with Crippen molar-refractivity contribution in [3.8, 4) is 0 Å². The van der Waals surface area contributed by atoms with Crippen molar-refractivity contribution in [2.45, 2.75) is 25.3 Å². The average Bonchev–Trinajstić information content (AvgIpc) is 3.09. The highest BCUT2D eigenvalue weighted by Gasteiger charge is 2.37. The molecule has 3 rings (SSSR count). The van der Waals surface area contributed by atoms with Crippen molar-refractivity contribution in [1.82, 2.24) is 9.80 Å². The van der Waals surface area contributed by atoms with Gasteiger partial charge in [-0.05, 0) is 25.6 Å². The van der Waals surface area contributed by atoms with E-state index in [1.807, 2.05) is 4.90 Å². The Morgan fingerprint density at radius 1 is 1.17 bits per heavy atom. The fourth-order valence-electron chi connectivity index (χ4n) is 3.27. The third kappa shape index (κ3) is 3.03. The van der Waals surface area contributed by atoms with Gasteiger partial charge in [-0.1, -0.05) is 12.1 Å². The Bertz CT molecular complexity index is 663. The van der Waals surface area contributed by atoms with E-state index in [2.05, 4.69) is 0 Å². The SMILES string of the molecule is CN(CCN1C(=O)CCC1=O)[C@H]1CCN(c2ccccc2F)C1=O. The Morgan fingerprint density at radius 3 is 2.50 bits per heavy atom. The highest BCUT2D eigenvalue weighted by molar-refractivity contribution is 6.02. The number of imide groups is 1. The molecule has 1 aromatic carbocycles. The van der Waals surface area contributed by atoms with Gasteiger partial charge >= 0.3 is 0 Å². The maximum atomic E-state index is 13.9. The molecule has 3 amide bonds. The van der Waals surface area contributed by atoms with E-state index in [4.69, 9.17) is 0 Å². The lowest BCUT2D eigenvalue weighted by Crippen LogP contribution is -2.44. The molecule has 2 heterocycles. The molecule has 0 saturated carbocycles. The summed E-state index contributed by atoms with van der Waals surface area (Å²) in [6.07, 6.45) is 1.13. The van der Waals surface area contributed by atoms with Crippen LogP contribution in [0.25, 0.3) is 0 Å². The first-order valence-corrected chi connectivity index (χ1v) is 8.08. The second-order valence-corrected chi connectivity index (χ2v) is 6.17. The van der Waals surface area contributed by atoms with Crippen LogP contribution >= 0.6 is 0 Å². The average molecular weight is 333 g/mol. The second kappa shape index (κ2) is 6.68. The van der Waals surface area contributed by atoms with E-state index in [0.29, 0.717) is 25.2 Å². The van der Waals surface area contributed by atoms with Crippen molar-refractivity contribution in [1.29, 1.82) is 0 Å². The molecule has 0 bridgehead atoms. The van der Waals surface area contributed by atoms with Gasteiger partial charge < -0.3 is 4.90 Å². The van der Waals surface area contributed by atoms with Gasteiger partial charge in [-0.15, -0.1) is 0 Å². The molecular formula is C17H20FN3O3. The first-order valence-electron chi connectivity index (χ1n) is 8.08. The van der Waals surface area contributed by atoms with E-state index in [1.54, 1.807) is 25.2 Å². The van der Waals surface area contributed by atoms with Gasteiger partial charge in [-0.2, -0.15) is 0 Å². The number of nitrogens with zero attached hydrogens (tertiary/aromatic N) is 3. The minimum atomic E-state index is -0.414. The van der Waals surface area contributed by atoms with Crippen molar-refractivity contribution < 1.29 is 18.8 Å². The van der Waals surface area contributed by atoms with E-state index >= 15 is 0 Å². The first kappa shape index (κ1) is 16.6. The predicted octanol–water partition coefficient (Wildman–Crippen LogP) is 1.01. The van der Waals surface area contributed by atoms with Crippen LogP contribution in [0, 0.1) is 5.82 Å². The molecule has 0 spiro atoms. The number of carbonyl (C=O) groups excluding carboxylic acids is 3. The third-order valence-electron chi connectivity index (χ3n) is 4.68. The largest absolute Gasteiger partial charge is 0.308 e. The van der Waals surface area contributed by atoms with Crippen LogP contribution in [0.3, 0.4) is 0 Å². The topological polar surface area (TPSA) is 60.9 Å². The number of carbonyl (C=O) groups is 3. The number of rotatable bonds is 5. The molecule has 2 aliphatic rings. The lowest BCUT2D eigenvalue weighted by molar-refractivity contribution is -0.138. The summed E-state index contributed by atoms with van der Waals surface area (Å²) in [5.41, 5.74) is 0.295. The van der Waals surface area contributed by atoms with Gasteiger partial charge in [0.25, 0.3) is 0 Å². The summed E-state index contributed by atoms with van der Waals surface area (Å²) in [6.45, 7) is 1.17. The number of halogens is 1. The quantitative estimate of drug-likeness (QED) is 0.755. The molecule has 0 aliphatic carbocycles. The second-order valence-electron chi connectivity index (χ2n) is 6.17. The van der Waals surface area contributed by atoms with Crippen molar-refractivity contribution in [3.63, 3.8) is 0 Å². The minimum Gasteiger partial charge on any atom is -0.308 e. The number of benzene rings is 1. The summed E-state index contributed by atoms with van der Waals surface area (Å²) in [5.74, 6) is -0.873. The normalized spacial score (nSPS) is 21.5. The Hall–Kier alpha value is -2.28. The molecular weight excluding hydrogens is 313 g/mol. The molecule has 0 radical (unpaired) electrons. The van der Waals surface area contributed by atoms with Gasteiger partial charge in [0.05, 0.1) is 11.7 Å². The monoisotopic (exact) mass is 333 g/mol. The minimum absolute atomic E-state index is 0.151. The van der Waals surface area contributed by atoms with Gasteiger partial charge in [0, 0.05) is 32.5 Å². The molecule has 24 heavy (non-hydrogen) atoms. The zero-order chi connectivity index (χ0) is 17.3. The van der Waals surface area contributed by atoms with Gasteiger partial charge in [0.2, 0.25) is 17.7 Å². The highest BCUT2D eigenvalue weighted by Crippen LogP contribution is 2.26. The van der Waals surface area contributed by atoms with E-state index in [9.17, 15) is 18.8 Å². The van der Waals surface area contributed by atoms with Gasteiger partial charge in [0.1, 0.15) is 5.82 Å². The fraction of sp³-hybridized carbons (Fsp3) is 0.471. The van der Waals surface area contributed by atoms with Crippen LogP contribution in [0.5, 0.6) is 0 Å². The Morgan fingerprint density at radius 2 is 1.83 bits per heavy atom. The van der Waals surface area contributed by atoms with Crippen LogP contribution in [0.2, 0.25) is 0 Å². The number of para-hydroxylation sites is 1. The summed E-state index contributed by atoms with van der Waals surface area (Å²) < 4.78 is 13.9. The zero-order valence-electron chi connectivity index (χ0n) is 13.6. The molecule has 1 atom stereocenters. The van der Waals surface area contributed by atoms with Crippen LogP contribution in [0.1, 0.15) is 19.3 Å². The lowest BCUT2D eigenvalue weighted by atomic mass is 10.2. The van der Waals surface area contributed by atoms with Crippen molar-refractivity contribution in [3.05, 3.63) is 30.1 Å². The predicted molar refractivity (Wildman–Crippen MR) is 85.7 cm³/mol. The number of hydrogen-bond acceptors (Lipinski definition) is 4. The molecule has 0 unspecified atom stereocenters. The third-order valence-corrected chi connectivity index (χ3v) is 4.68. The van der Waals surface area contributed by atoms with Gasteiger partial charge in [-0.3, -0.25) is 24.2 Å². The molecule has 2 saturated heterocycles. The molecule has 1 aromatic rings. The molecule has 6 nitrogen and oxygen atoms in total. The zero-order valence-corrected chi connectivity index (χ0v) is 13.6. The maximum Gasteiger partial charge on any atom is 0.244 e. The molecule has 128 valence electrons. The van der Waals surface area contributed by atoms with Gasteiger partial charge in [0.15, 0.2) is 0 Å². The van der Waals surface area contributed by atoms with E-state index in [0.717, 1.165) is 0 Å². The van der Waals surface area contributed by atoms with Crippen molar-refractivity contribution >= 4 is 23.4 Å².